The first-order valence-corrected chi connectivity index (χ1v) is 9.54. The number of primary amides is 1. The molecule has 134 valence electrons. The molecule has 26 heavy (non-hydrogen) atoms. The number of H-pyrrole nitrogens is 1. The number of benzene rings is 1. The lowest BCUT2D eigenvalue weighted by atomic mass is 10.1. The molecule has 0 spiro atoms. The lowest BCUT2D eigenvalue weighted by Crippen LogP contribution is -2.23. The number of aromatic amines is 1. The summed E-state index contributed by atoms with van der Waals surface area (Å²) in [6.45, 7) is 3.77. The van der Waals surface area contributed by atoms with Gasteiger partial charge in [0.2, 0.25) is 11.1 Å². The van der Waals surface area contributed by atoms with Crippen molar-refractivity contribution in [3.63, 3.8) is 0 Å². The number of thiophene rings is 1. The van der Waals surface area contributed by atoms with Gasteiger partial charge in [-0.2, -0.15) is 0 Å². The van der Waals surface area contributed by atoms with Crippen molar-refractivity contribution in [3.8, 4) is 11.4 Å². The summed E-state index contributed by atoms with van der Waals surface area (Å²) in [5.41, 5.74) is 7.69. The van der Waals surface area contributed by atoms with Crippen LogP contribution in [0.2, 0.25) is 0 Å². The molecule has 0 saturated heterocycles. The highest BCUT2D eigenvalue weighted by molar-refractivity contribution is 8.00. The Morgan fingerprint density at radius 2 is 2.00 bits per heavy atom. The van der Waals surface area contributed by atoms with Gasteiger partial charge in [-0.15, -0.1) is 16.4 Å². The molecule has 0 aliphatic rings. The maximum absolute atomic E-state index is 12.4. The number of nitrogens with two attached hydrogens (primary N) is 1. The van der Waals surface area contributed by atoms with Crippen molar-refractivity contribution in [3.05, 3.63) is 46.8 Å². The molecule has 1 aromatic carbocycles. The number of aromatic nitrogens is 3. The van der Waals surface area contributed by atoms with Crippen molar-refractivity contribution in [1.82, 2.24) is 15.2 Å². The fraction of sp³-hybridized carbons (Fsp3) is 0.176. The highest BCUT2D eigenvalue weighted by Crippen LogP contribution is 2.26. The SMILES string of the molecule is Cc1ccc(-c2nc(SC(C)C(=O)Nc3sccc3C(N)=O)n[nH]2)cc1. The molecule has 2 amide bonds. The van der Waals surface area contributed by atoms with Crippen LogP contribution >= 0.6 is 23.1 Å². The van der Waals surface area contributed by atoms with E-state index in [9.17, 15) is 9.59 Å². The van der Waals surface area contributed by atoms with Crippen molar-refractivity contribution >= 4 is 39.9 Å². The fourth-order valence-electron chi connectivity index (χ4n) is 2.16. The molecule has 0 aliphatic heterocycles. The van der Waals surface area contributed by atoms with E-state index in [-0.39, 0.29) is 5.91 Å². The van der Waals surface area contributed by atoms with Crippen LogP contribution < -0.4 is 11.1 Å². The van der Waals surface area contributed by atoms with Crippen LogP contribution in [0.1, 0.15) is 22.8 Å². The van der Waals surface area contributed by atoms with Crippen LogP contribution in [-0.4, -0.2) is 32.2 Å². The Morgan fingerprint density at radius 1 is 1.27 bits per heavy atom. The summed E-state index contributed by atoms with van der Waals surface area (Å²) in [6, 6.07) is 9.50. The summed E-state index contributed by atoms with van der Waals surface area (Å²) in [6.07, 6.45) is 0. The van der Waals surface area contributed by atoms with Crippen molar-refractivity contribution in [2.75, 3.05) is 5.32 Å². The smallest absolute Gasteiger partial charge is 0.251 e. The fourth-order valence-corrected chi connectivity index (χ4v) is 3.68. The van der Waals surface area contributed by atoms with Crippen LogP contribution in [0.3, 0.4) is 0 Å². The Labute approximate surface area is 158 Å². The summed E-state index contributed by atoms with van der Waals surface area (Å²) in [4.78, 5) is 28.1. The summed E-state index contributed by atoms with van der Waals surface area (Å²) in [5, 5.41) is 12.0. The molecule has 0 radical (unpaired) electrons. The molecule has 3 aromatic rings. The van der Waals surface area contributed by atoms with E-state index in [4.69, 9.17) is 5.73 Å². The van der Waals surface area contributed by atoms with Crippen LogP contribution in [0.15, 0.2) is 40.9 Å². The third-order valence-electron chi connectivity index (χ3n) is 3.61. The predicted octanol–water partition coefficient (Wildman–Crippen LogP) is 3.06. The molecule has 2 aromatic heterocycles. The number of rotatable bonds is 6. The third-order valence-corrected chi connectivity index (χ3v) is 5.40. The van der Waals surface area contributed by atoms with Gasteiger partial charge in [0.05, 0.1) is 10.8 Å². The number of nitrogens with one attached hydrogen (secondary N) is 2. The van der Waals surface area contributed by atoms with Gasteiger partial charge in [-0.05, 0) is 25.3 Å². The number of aryl methyl sites for hydroxylation is 1. The Hall–Kier alpha value is -2.65. The molecule has 0 bridgehead atoms. The first-order valence-electron chi connectivity index (χ1n) is 7.78. The van der Waals surface area contributed by atoms with Crippen LogP contribution in [0, 0.1) is 6.92 Å². The zero-order valence-electron chi connectivity index (χ0n) is 14.1. The standard InChI is InChI=1S/C17H17N5O2S2/c1-9-3-5-11(6-4-9)14-19-17(22-21-14)26-10(2)15(24)20-16-12(13(18)23)7-8-25-16/h3-8,10H,1-2H3,(H2,18,23)(H,20,24)(H,19,21,22). The lowest BCUT2D eigenvalue weighted by molar-refractivity contribution is -0.115. The largest absolute Gasteiger partial charge is 0.366 e. The second-order valence-corrected chi connectivity index (χ2v) is 7.83. The van der Waals surface area contributed by atoms with Crippen molar-refractivity contribution in [2.45, 2.75) is 24.3 Å². The molecule has 1 unspecified atom stereocenters. The third kappa shape index (κ3) is 4.12. The predicted molar refractivity (Wildman–Crippen MR) is 103 cm³/mol. The van der Waals surface area contributed by atoms with Gasteiger partial charge in [0, 0.05) is 5.56 Å². The van der Waals surface area contributed by atoms with Crippen molar-refractivity contribution in [2.24, 2.45) is 5.73 Å². The second-order valence-electron chi connectivity index (χ2n) is 5.61. The Morgan fingerprint density at radius 3 is 2.69 bits per heavy atom. The van der Waals surface area contributed by atoms with E-state index in [1.807, 2.05) is 31.2 Å². The van der Waals surface area contributed by atoms with E-state index in [2.05, 4.69) is 20.5 Å². The summed E-state index contributed by atoms with van der Waals surface area (Å²) >= 11 is 2.48. The zero-order chi connectivity index (χ0) is 18.7. The van der Waals surface area contributed by atoms with Gasteiger partial charge in [0.1, 0.15) is 5.00 Å². The molecule has 0 fully saturated rings. The molecule has 2 heterocycles. The van der Waals surface area contributed by atoms with Crippen molar-refractivity contribution < 1.29 is 9.59 Å². The molecule has 3 rings (SSSR count). The molecule has 0 saturated carbocycles. The van der Waals surface area contributed by atoms with E-state index < -0.39 is 11.2 Å². The molecule has 0 aliphatic carbocycles. The van der Waals surface area contributed by atoms with Gasteiger partial charge in [0.25, 0.3) is 5.91 Å². The van der Waals surface area contributed by atoms with Crippen molar-refractivity contribution in [1.29, 1.82) is 0 Å². The maximum Gasteiger partial charge on any atom is 0.251 e. The van der Waals surface area contributed by atoms with Crippen LogP contribution in [0.25, 0.3) is 11.4 Å². The molecule has 1 atom stereocenters. The topological polar surface area (TPSA) is 114 Å². The normalized spacial score (nSPS) is 11.9. The van der Waals surface area contributed by atoms with E-state index in [1.54, 1.807) is 18.4 Å². The molecule has 9 heteroatoms. The molecule has 4 N–H and O–H groups in total. The Balaban J connectivity index is 1.65. The molecule has 7 nitrogen and oxygen atoms in total. The van der Waals surface area contributed by atoms with E-state index in [1.165, 1.54) is 23.1 Å². The zero-order valence-corrected chi connectivity index (χ0v) is 15.8. The molecular weight excluding hydrogens is 370 g/mol. The highest BCUT2D eigenvalue weighted by Gasteiger charge is 2.20. The number of hydrogen-bond acceptors (Lipinski definition) is 6. The number of carbonyl (C=O) groups is 2. The van der Waals surface area contributed by atoms with Crippen LogP contribution in [0.5, 0.6) is 0 Å². The lowest BCUT2D eigenvalue weighted by Gasteiger charge is -2.09. The van der Waals surface area contributed by atoms with Crippen LogP contribution in [-0.2, 0) is 4.79 Å². The monoisotopic (exact) mass is 387 g/mol. The van der Waals surface area contributed by atoms with E-state index >= 15 is 0 Å². The summed E-state index contributed by atoms with van der Waals surface area (Å²) in [7, 11) is 0. The number of anilines is 1. The Bertz CT molecular complexity index is 933. The number of carbonyl (C=O) groups excluding carboxylic acids is 2. The summed E-state index contributed by atoms with van der Waals surface area (Å²) < 4.78 is 0. The minimum Gasteiger partial charge on any atom is -0.366 e. The van der Waals surface area contributed by atoms with Gasteiger partial charge in [-0.25, -0.2) is 4.98 Å². The summed E-state index contributed by atoms with van der Waals surface area (Å²) in [5.74, 6) is -0.172. The Kier molecular flexibility index (Phi) is 5.38. The first kappa shape index (κ1) is 18.2. The average molecular weight is 387 g/mol. The van der Waals surface area contributed by atoms with Gasteiger partial charge < -0.3 is 11.1 Å². The number of nitrogens with zero attached hydrogens (tertiary/aromatic N) is 2. The van der Waals surface area contributed by atoms with Gasteiger partial charge >= 0.3 is 0 Å². The minimum absolute atomic E-state index is 0.248. The van der Waals surface area contributed by atoms with Gasteiger partial charge in [-0.3, -0.25) is 14.7 Å². The van der Waals surface area contributed by atoms with Crippen LogP contribution in [0.4, 0.5) is 5.00 Å². The molecular formula is C17H17N5O2S2. The average Bonchev–Trinajstić information content (AvgIpc) is 3.25. The van der Waals surface area contributed by atoms with E-state index in [0.717, 1.165) is 11.1 Å². The quantitative estimate of drug-likeness (QED) is 0.563. The number of thioether (sulfide) groups is 1. The number of hydrogen-bond donors (Lipinski definition) is 3. The maximum atomic E-state index is 12.4. The first-order chi connectivity index (χ1) is 12.4. The highest BCUT2D eigenvalue weighted by atomic mass is 32.2. The second kappa shape index (κ2) is 7.71. The van der Waals surface area contributed by atoms with Gasteiger partial charge in [-0.1, -0.05) is 41.6 Å². The minimum atomic E-state index is -0.571. The van der Waals surface area contributed by atoms with Gasteiger partial charge in [0.15, 0.2) is 5.82 Å². The number of amides is 2. The van der Waals surface area contributed by atoms with E-state index in [0.29, 0.717) is 21.5 Å².